The standard InChI is InChI=1S/C21H16N2O5/c1-2-21(26)16(24)5-11-6-17(25)23-8-12-3-10-4-14-15(28-9-27-14)7-13(10)22-19(12)20(23)18(11)21/h3-4,6-7,26H,2,5,8-9H2,1H3. The van der Waals surface area contributed by atoms with Crippen LogP contribution in [-0.2, 0) is 23.4 Å². The number of benzene rings is 1. The zero-order chi connectivity index (χ0) is 19.2. The predicted molar refractivity (Wildman–Crippen MR) is 99.6 cm³/mol. The fourth-order valence-electron chi connectivity index (χ4n) is 4.64. The number of carbonyl (C=O) groups is 1. The SMILES string of the molecule is CCC1(O)C(=O)Cc2cc(=O)n3c(c21)-c1nc2cc4c(cc2cc1C3)OCO4. The van der Waals surface area contributed by atoms with Crippen LogP contribution in [-0.4, -0.2) is 27.2 Å². The molecule has 2 aliphatic heterocycles. The van der Waals surface area contributed by atoms with Crippen LogP contribution in [0.3, 0.4) is 0 Å². The minimum absolute atomic E-state index is 0.0738. The molecule has 6 rings (SSSR count). The fraction of sp³-hybridized carbons (Fsp3) is 0.286. The van der Waals surface area contributed by atoms with Gasteiger partial charge in [-0.1, -0.05) is 6.92 Å². The van der Waals surface area contributed by atoms with Crippen molar-refractivity contribution in [3.8, 4) is 22.9 Å². The number of rotatable bonds is 1. The highest BCUT2D eigenvalue weighted by Crippen LogP contribution is 2.45. The predicted octanol–water partition coefficient (Wildman–Crippen LogP) is 1.88. The minimum atomic E-state index is -1.58. The van der Waals surface area contributed by atoms with Crippen LogP contribution in [0, 0.1) is 0 Å². The highest BCUT2D eigenvalue weighted by molar-refractivity contribution is 5.98. The summed E-state index contributed by atoms with van der Waals surface area (Å²) in [6.45, 7) is 2.32. The van der Waals surface area contributed by atoms with Crippen molar-refractivity contribution < 1.29 is 19.4 Å². The smallest absolute Gasteiger partial charge is 0.251 e. The van der Waals surface area contributed by atoms with Gasteiger partial charge in [-0.15, -0.1) is 0 Å². The van der Waals surface area contributed by atoms with Gasteiger partial charge in [0.1, 0.15) is 5.60 Å². The Morgan fingerprint density at radius 3 is 2.71 bits per heavy atom. The molecule has 7 heteroatoms. The lowest BCUT2D eigenvalue weighted by atomic mass is 9.90. The maximum atomic E-state index is 12.7. The lowest BCUT2D eigenvalue weighted by molar-refractivity contribution is -0.136. The molecular formula is C21H16N2O5. The molecule has 0 amide bonds. The quantitative estimate of drug-likeness (QED) is 0.545. The molecule has 0 saturated heterocycles. The Kier molecular flexibility index (Phi) is 2.82. The summed E-state index contributed by atoms with van der Waals surface area (Å²) in [7, 11) is 0. The van der Waals surface area contributed by atoms with Crippen molar-refractivity contribution in [2.75, 3.05) is 6.79 Å². The molecule has 140 valence electrons. The topological polar surface area (TPSA) is 90.7 Å². The third kappa shape index (κ3) is 1.79. The van der Waals surface area contributed by atoms with Gasteiger partial charge in [-0.25, -0.2) is 4.98 Å². The second kappa shape index (κ2) is 4.99. The molecule has 1 N–H and O–H groups in total. The highest BCUT2D eigenvalue weighted by Gasteiger charge is 2.47. The van der Waals surface area contributed by atoms with E-state index in [1.165, 1.54) is 6.07 Å². The number of carbonyl (C=O) groups excluding carboxylic acids is 1. The number of hydrogen-bond donors (Lipinski definition) is 1. The van der Waals surface area contributed by atoms with E-state index < -0.39 is 5.60 Å². The maximum Gasteiger partial charge on any atom is 0.251 e. The average molecular weight is 376 g/mol. The molecule has 1 aromatic carbocycles. The van der Waals surface area contributed by atoms with Crippen molar-refractivity contribution in [1.82, 2.24) is 9.55 Å². The summed E-state index contributed by atoms with van der Waals surface area (Å²) >= 11 is 0. The van der Waals surface area contributed by atoms with Crippen LogP contribution in [0.15, 0.2) is 29.1 Å². The Morgan fingerprint density at radius 1 is 1.14 bits per heavy atom. The van der Waals surface area contributed by atoms with Gasteiger partial charge in [0.25, 0.3) is 5.56 Å². The van der Waals surface area contributed by atoms with Gasteiger partial charge < -0.3 is 19.1 Å². The number of pyridine rings is 2. The first-order valence-corrected chi connectivity index (χ1v) is 9.26. The molecule has 2 aromatic heterocycles. The molecule has 1 aliphatic carbocycles. The van der Waals surface area contributed by atoms with Crippen LogP contribution in [0.4, 0.5) is 0 Å². The lowest BCUT2D eigenvalue weighted by Crippen LogP contribution is -2.32. The van der Waals surface area contributed by atoms with Gasteiger partial charge in [0, 0.05) is 35.1 Å². The van der Waals surface area contributed by atoms with E-state index in [1.54, 1.807) is 11.5 Å². The van der Waals surface area contributed by atoms with E-state index in [9.17, 15) is 14.7 Å². The van der Waals surface area contributed by atoms with E-state index in [-0.39, 0.29) is 31.0 Å². The van der Waals surface area contributed by atoms with Crippen LogP contribution in [0.1, 0.15) is 30.0 Å². The monoisotopic (exact) mass is 376 g/mol. The van der Waals surface area contributed by atoms with Crippen LogP contribution in [0.2, 0.25) is 0 Å². The summed E-state index contributed by atoms with van der Waals surface area (Å²) in [4.78, 5) is 30.0. The van der Waals surface area contributed by atoms with Crippen LogP contribution in [0.25, 0.3) is 22.3 Å². The molecule has 1 atom stereocenters. The van der Waals surface area contributed by atoms with Crippen molar-refractivity contribution in [2.24, 2.45) is 0 Å². The first kappa shape index (κ1) is 15.8. The van der Waals surface area contributed by atoms with Crippen molar-refractivity contribution in [3.63, 3.8) is 0 Å². The van der Waals surface area contributed by atoms with E-state index in [0.29, 0.717) is 46.1 Å². The largest absolute Gasteiger partial charge is 0.454 e. The summed E-state index contributed by atoms with van der Waals surface area (Å²) in [5, 5.41) is 12.0. The van der Waals surface area contributed by atoms with Crippen molar-refractivity contribution in [2.45, 2.75) is 31.9 Å². The number of aliphatic hydroxyl groups is 1. The Morgan fingerprint density at radius 2 is 1.93 bits per heavy atom. The normalized spacial score (nSPS) is 21.1. The van der Waals surface area contributed by atoms with E-state index in [2.05, 4.69) is 0 Å². The first-order chi connectivity index (χ1) is 13.5. The summed E-state index contributed by atoms with van der Waals surface area (Å²) in [5.74, 6) is 1.04. The molecule has 3 aromatic rings. The molecule has 7 nitrogen and oxygen atoms in total. The first-order valence-electron chi connectivity index (χ1n) is 9.26. The van der Waals surface area contributed by atoms with Gasteiger partial charge in [-0.05, 0) is 24.1 Å². The Hall–Kier alpha value is -3.19. The number of fused-ring (bicyclic) bond motifs is 7. The van der Waals surface area contributed by atoms with E-state index in [1.807, 2.05) is 18.2 Å². The fourth-order valence-corrected chi connectivity index (χ4v) is 4.64. The number of ether oxygens (including phenoxy) is 2. The van der Waals surface area contributed by atoms with Gasteiger partial charge in [0.05, 0.1) is 23.4 Å². The Bertz CT molecular complexity index is 1290. The van der Waals surface area contributed by atoms with Gasteiger partial charge in [-0.2, -0.15) is 0 Å². The molecule has 1 unspecified atom stereocenters. The second-order valence-electron chi connectivity index (χ2n) is 7.53. The number of ketones is 1. The highest BCUT2D eigenvalue weighted by atomic mass is 16.7. The minimum Gasteiger partial charge on any atom is -0.454 e. The van der Waals surface area contributed by atoms with Gasteiger partial charge in [0.15, 0.2) is 17.3 Å². The Labute approximate surface area is 159 Å². The van der Waals surface area contributed by atoms with Crippen molar-refractivity contribution >= 4 is 16.7 Å². The maximum absolute atomic E-state index is 12.7. The van der Waals surface area contributed by atoms with Gasteiger partial charge >= 0.3 is 0 Å². The lowest BCUT2D eigenvalue weighted by Gasteiger charge is -2.23. The number of nitrogens with zero attached hydrogens (tertiary/aromatic N) is 2. The molecule has 0 fully saturated rings. The zero-order valence-corrected chi connectivity index (χ0v) is 15.1. The summed E-state index contributed by atoms with van der Waals surface area (Å²) < 4.78 is 12.5. The van der Waals surface area contributed by atoms with Crippen LogP contribution < -0.4 is 15.0 Å². The number of hydrogen-bond acceptors (Lipinski definition) is 6. The molecular weight excluding hydrogens is 360 g/mol. The molecule has 0 saturated carbocycles. The molecule has 0 bridgehead atoms. The van der Waals surface area contributed by atoms with Crippen LogP contribution >= 0.6 is 0 Å². The average Bonchev–Trinajstić information content (AvgIpc) is 3.34. The third-order valence-corrected chi connectivity index (χ3v) is 6.07. The van der Waals surface area contributed by atoms with E-state index in [0.717, 1.165) is 10.9 Å². The molecule has 0 spiro atoms. The van der Waals surface area contributed by atoms with E-state index >= 15 is 0 Å². The summed E-state index contributed by atoms with van der Waals surface area (Å²) in [6, 6.07) is 7.17. The summed E-state index contributed by atoms with van der Waals surface area (Å²) in [6.07, 6.45) is 0.329. The van der Waals surface area contributed by atoms with Crippen molar-refractivity contribution in [3.05, 3.63) is 51.3 Å². The van der Waals surface area contributed by atoms with Gasteiger partial charge in [-0.3, -0.25) is 9.59 Å². The third-order valence-electron chi connectivity index (χ3n) is 6.07. The summed E-state index contributed by atoms with van der Waals surface area (Å²) in [5.41, 5.74) is 2.18. The molecule has 4 heterocycles. The molecule has 28 heavy (non-hydrogen) atoms. The zero-order valence-electron chi connectivity index (χ0n) is 15.1. The van der Waals surface area contributed by atoms with Crippen LogP contribution in [0.5, 0.6) is 11.5 Å². The number of Topliss-reactive ketones (excluding diaryl/α,β-unsaturated/α-hetero) is 1. The van der Waals surface area contributed by atoms with Gasteiger partial charge in [0.2, 0.25) is 6.79 Å². The molecule has 3 aliphatic rings. The second-order valence-corrected chi connectivity index (χ2v) is 7.53. The Balaban J connectivity index is 1.67. The molecule has 0 radical (unpaired) electrons. The van der Waals surface area contributed by atoms with Crippen molar-refractivity contribution in [1.29, 1.82) is 0 Å². The van der Waals surface area contributed by atoms with E-state index in [4.69, 9.17) is 14.5 Å². The number of aromatic nitrogens is 2.